The number of nitrogens with one attached hydrogen (secondary N) is 2. The van der Waals surface area contributed by atoms with Crippen LogP contribution >= 0.6 is 11.8 Å². The number of carbonyl (C=O) groups excluding carboxylic acids is 1. The number of anilines is 1. The summed E-state index contributed by atoms with van der Waals surface area (Å²) in [5.41, 5.74) is 5.62. The van der Waals surface area contributed by atoms with E-state index in [0.717, 1.165) is 28.3 Å². The third-order valence-corrected chi connectivity index (χ3v) is 4.59. The van der Waals surface area contributed by atoms with Gasteiger partial charge in [-0.2, -0.15) is 11.8 Å². The Morgan fingerprint density at radius 1 is 1.04 bits per heavy atom. The molecule has 0 unspecified atom stereocenters. The summed E-state index contributed by atoms with van der Waals surface area (Å²) in [6.07, 6.45) is 0. The van der Waals surface area contributed by atoms with E-state index in [2.05, 4.69) is 41.8 Å². The Bertz CT molecular complexity index is 633. The number of benzene rings is 2. The zero-order chi connectivity index (χ0) is 16.7. The van der Waals surface area contributed by atoms with Gasteiger partial charge in [-0.15, -0.1) is 0 Å². The number of aryl methyl sites for hydroxylation is 3. The van der Waals surface area contributed by atoms with Crippen molar-refractivity contribution in [3.8, 4) is 0 Å². The van der Waals surface area contributed by atoms with E-state index in [1.807, 2.05) is 43.8 Å². The first kappa shape index (κ1) is 17.4. The largest absolute Gasteiger partial charge is 0.337 e. The molecule has 23 heavy (non-hydrogen) atoms. The average Bonchev–Trinajstić information content (AvgIpc) is 2.51. The number of urea groups is 1. The summed E-state index contributed by atoms with van der Waals surface area (Å²) in [5, 5.41) is 5.87. The third kappa shape index (κ3) is 5.64. The van der Waals surface area contributed by atoms with Gasteiger partial charge in [-0.3, -0.25) is 0 Å². The average molecular weight is 328 g/mol. The molecule has 122 valence electrons. The van der Waals surface area contributed by atoms with E-state index in [9.17, 15) is 4.79 Å². The highest BCUT2D eigenvalue weighted by Crippen LogP contribution is 2.21. The van der Waals surface area contributed by atoms with E-state index in [1.165, 1.54) is 11.1 Å². The van der Waals surface area contributed by atoms with Crippen molar-refractivity contribution in [3.63, 3.8) is 0 Å². The van der Waals surface area contributed by atoms with Crippen molar-refractivity contribution in [2.45, 2.75) is 26.5 Å². The molecule has 0 saturated heterocycles. The lowest BCUT2D eigenvalue weighted by atomic mass is 10.1. The molecule has 0 radical (unpaired) electrons. The lowest BCUT2D eigenvalue weighted by Crippen LogP contribution is -2.31. The van der Waals surface area contributed by atoms with E-state index < -0.39 is 0 Å². The first-order chi connectivity index (χ1) is 11.1. The molecule has 2 rings (SSSR count). The van der Waals surface area contributed by atoms with Gasteiger partial charge in [-0.25, -0.2) is 4.79 Å². The summed E-state index contributed by atoms with van der Waals surface area (Å²) in [5.74, 6) is 1.87. The van der Waals surface area contributed by atoms with Crippen molar-refractivity contribution in [3.05, 3.63) is 64.7 Å². The fourth-order valence-electron chi connectivity index (χ4n) is 2.54. The summed E-state index contributed by atoms with van der Waals surface area (Å²) < 4.78 is 0. The number of amides is 2. The topological polar surface area (TPSA) is 41.1 Å². The highest BCUT2D eigenvalue weighted by molar-refractivity contribution is 7.98. The van der Waals surface area contributed by atoms with E-state index in [1.54, 1.807) is 0 Å². The van der Waals surface area contributed by atoms with Crippen molar-refractivity contribution < 1.29 is 4.79 Å². The van der Waals surface area contributed by atoms with Gasteiger partial charge in [0.2, 0.25) is 0 Å². The predicted molar refractivity (Wildman–Crippen MR) is 100 cm³/mol. The zero-order valence-electron chi connectivity index (χ0n) is 14.0. The first-order valence-electron chi connectivity index (χ1n) is 7.80. The second-order valence-electron chi connectivity index (χ2n) is 5.69. The van der Waals surface area contributed by atoms with Gasteiger partial charge < -0.3 is 10.6 Å². The summed E-state index contributed by atoms with van der Waals surface area (Å²) >= 11 is 1.82. The molecule has 0 fully saturated rings. The molecular weight excluding hydrogens is 304 g/mol. The van der Waals surface area contributed by atoms with Crippen LogP contribution in [0.25, 0.3) is 0 Å². The third-order valence-electron chi connectivity index (χ3n) is 3.56. The van der Waals surface area contributed by atoms with E-state index in [-0.39, 0.29) is 6.03 Å². The van der Waals surface area contributed by atoms with Crippen LogP contribution in [0.15, 0.2) is 42.5 Å². The van der Waals surface area contributed by atoms with E-state index in [4.69, 9.17) is 0 Å². The Morgan fingerprint density at radius 3 is 2.35 bits per heavy atom. The Balaban J connectivity index is 1.71. The fourth-order valence-corrected chi connectivity index (χ4v) is 3.35. The number of thioether (sulfide) groups is 1. The summed E-state index contributed by atoms with van der Waals surface area (Å²) in [4.78, 5) is 12.0. The van der Waals surface area contributed by atoms with Gasteiger partial charge in [-0.1, -0.05) is 48.0 Å². The minimum Gasteiger partial charge on any atom is -0.337 e. The van der Waals surface area contributed by atoms with Crippen LogP contribution in [0.3, 0.4) is 0 Å². The Labute approximate surface area is 142 Å². The lowest BCUT2D eigenvalue weighted by molar-refractivity contribution is 0.252. The zero-order valence-corrected chi connectivity index (χ0v) is 14.8. The highest BCUT2D eigenvalue weighted by Gasteiger charge is 2.07. The second kappa shape index (κ2) is 8.63. The van der Waals surface area contributed by atoms with Gasteiger partial charge in [0.1, 0.15) is 0 Å². The molecule has 0 atom stereocenters. The van der Waals surface area contributed by atoms with E-state index in [0.29, 0.717) is 6.54 Å². The minimum atomic E-state index is -0.139. The first-order valence-corrected chi connectivity index (χ1v) is 8.96. The van der Waals surface area contributed by atoms with Crippen molar-refractivity contribution >= 4 is 23.5 Å². The normalized spacial score (nSPS) is 10.4. The van der Waals surface area contributed by atoms with Crippen LogP contribution in [-0.4, -0.2) is 18.3 Å². The van der Waals surface area contributed by atoms with Crippen molar-refractivity contribution in [2.75, 3.05) is 17.6 Å². The molecule has 0 aliphatic carbocycles. The van der Waals surface area contributed by atoms with Gasteiger partial charge in [-0.05, 0) is 37.5 Å². The van der Waals surface area contributed by atoms with Gasteiger partial charge in [0.15, 0.2) is 0 Å². The molecule has 2 aromatic rings. The number of carbonyl (C=O) groups is 1. The fraction of sp³-hybridized carbons (Fsp3) is 0.316. The molecule has 0 saturated carbocycles. The Hall–Kier alpha value is -1.94. The van der Waals surface area contributed by atoms with Gasteiger partial charge in [0, 0.05) is 23.7 Å². The highest BCUT2D eigenvalue weighted by atomic mass is 32.2. The van der Waals surface area contributed by atoms with E-state index >= 15 is 0 Å². The number of rotatable bonds is 6. The van der Waals surface area contributed by atoms with Crippen molar-refractivity contribution in [2.24, 2.45) is 0 Å². The minimum absolute atomic E-state index is 0.139. The quantitative estimate of drug-likeness (QED) is 0.757. The van der Waals surface area contributed by atoms with Crippen LogP contribution in [0.1, 0.15) is 22.3 Å². The molecule has 4 heteroatoms. The van der Waals surface area contributed by atoms with Crippen LogP contribution in [0, 0.1) is 20.8 Å². The lowest BCUT2D eigenvalue weighted by Gasteiger charge is -2.13. The summed E-state index contributed by atoms with van der Waals surface area (Å²) in [7, 11) is 0. The standard InChI is InChI=1S/C19H24N2OS/c1-14-11-15(2)18(16(3)12-14)21-19(22)20-9-10-23-13-17-7-5-4-6-8-17/h4-8,11-12H,9-10,13H2,1-3H3,(H2,20,21,22). The van der Waals surface area contributed by atoms with Crippen LogP contribution in [0.4, 0.5) is 10.5 Å². The smallest absolute Gasteiger partial charge is 0.319 e. The number of hydrogen-bond acceptors (Lipinski definition) is 2. The van der Waals surface area contributed by atoms with Gasteiger partial charge >= 0.3 is 6.03 Å². The Kier molecular flexibility index (Phi) is 6.53. The second-order valence-corrected chi connectivity index (χ2v) is 6.80. The van der Waals surface area contributed by atoms with Gasteiger partial charge in [0.25, 0.3) is 0 Å². The van der Waals surface area contributed by atoms with Gasteiger partial charge in [0.05, 0.1) is 0 Å². The molecule has 2 amide bonds. The molecule has 0 aliphatic heterocycles. The van der Waals surface area contributed by atoms with Crippen LogP contribution in [-0.2, 0) is 5.75 Å². The van der Waals surface area contributed by atoms with Crippen LogP contribution < -0.4 is 10.6 Å². The molecule has 2 aromatic carbocycles. The maximum absolute atomic E-state index is 12.0. The SMILES string of the molecule is Cc1cc(C)c(NC(=O)NCCSCc2ccccc2)c(C)c1. The number of hydrogen-bond donors (Lipinski definition) is 2. The molecule has 0 aromatic heterocycles. The molecular formula is C19H24N2OS. The Morgan fingerprint density at radius 2 is 1.70 bits per heavy atom. The predicted octanol–water partition coefficient (Wildman–Crippen LogP) is 4.67. The molecule has 0 heterocycles. The van der Waals surface area contributed by atoms with Crippen molar-refractivity contribution in [1.82, 2.24) is 5.32 Å². The van der Waals surface area contributed by atoms with Crippen molar-refractivity contribution in [1.29, 1.82) is 0 Å². The van der Waals surface area contributed by atoms with Crippen LogP contribution in [0.5, 0.6) is 0 Å². The molecule has 0 spiro atoms. The molecule has 0 aliphatic rings. The van der Waals surface area contributed by atoms with Crippen LogP contribution in [0.2, 0.25) is 0 Å². The maximum atomic E-state index is 12.0. The monoisotopic (exact) mass is 328 g/mol. The summed E-state index contributed by atoms with van der Waals surface area (Å²) in [6.45, 7) is 6.76. The summed E-state index contributed by atoms with van der Waals surface area (Å²) in [6, 6.07) is 14.4. The maximum Gasteiger partial charge on any atom is 0.319 e. The molecule has 3 nitrogen and oxygen atoms in total. The molecule has 0 bridgehead atoms. The molecule has 2 N–H and O–H groups in total.